The summed E-state index contributed by atoms with van der Waals surface area (Å²) in [7, 11) is 0. The highest BCUT2D eigenvalue weighted by atomic mass is 16.3. The molecule has 1 rings (SSSR count). The van der Waals surface area contributed by atoms with Crippen LogP contribution in [0, 0.1) is 6.92 Å². The van der Waals surface area contributed by atoms with Gasteiger partial charge in [-0.2, -0.15) is 0 Å². The van der Waals surface area contributed by atoms with Crippen molar-refractivity contribution in [1.82, 2.24) is 0 Å². The molecule has 0 unspecified atom stereocenters. The van der Waals surface area contributed by atoms with Crippen molar-refractivity contribution in [2.24, 2.45) is 5.73 Å². The average molecular weight is 264 g/mol. The number of phenolic OH excluding ortho intramolecular Hbond substituents is 1. The molecule has 0 bridgehead atoms. The van der Waals surface area contributed by atoms with E-state index < -0.39 is 6.04 Å². The molecule has 0 aliphatic heterocycles. The minimum Gasteiger partial charge on any atom is -0.508 e. The molecule has 0 radical (unpaired) electrons. The Bertz CT molecular complexity index is 432. The number of nitrogens with two attached hydrogens (primary N) is 1. The lowest BCUT2D eigenvalue weighted by Crippen LogP contribution is -2.44. The molecule has 4 heteroatoms. The standard InChI is InChI=1S/C15H24N2O2/c1-4-6-7-13(16)15(19)17(5-2)14-10-12(18)9-8-11(14)3/h8-10,13,18H,4-7,16H2,1-3H3/t13-/m0/s1. The maximum atomic E-state index is 12.4. The van der Waals surface area contributed by atoms with Gasteiger partial charge in [0.25, 0.3) is 0 Å². The summed E-state index contributed by atoms with van der Waals surface area (Å²) in [5, 5.41) is 9.57. The van der Waals surface area contributed by atoms with Crippen LogP contribution in [0.1, 0.15) is 38.7 Å². The van der Waals surface area contributed by atoms with Gasteiger partial charge in [-0.25, -0.2) is 0 Å². The fourth-order valence-electron chi connectivity index (χ4n) is 2.08. The predicted molar refractivity (Wildman–Crippen MR) is 78.4 cm³/mol. The molecular formula is C15H24N2O2. The molecule has 0 spiro atoms. The van der Waals surface area contributed by atoms with Crippen molar-refractivity contribution in [1.29, 1.82) is 0 Å². The highest BCUT2D eigenvalue weighted by Crippen LogP contribution is 2.25. The number of hydrogen-bond acceptors (Lipinski definition) is 3. The Hall–Kier alpha value is -1.55. The van der Waals surface area contributed by atoms with Gasteiger partial charge in [0.15, 0.2) is 0 Å². The molecule has 0 saturated heterocycles. The van der Waals surface area contributed by atoms with Crippen molar-refractivity contribution in [3.8, 4) is 5.75 Å². The second-order valence-electron chi connectivity index (χ2n) is 4.80. The van der Waals surface area contributed by atoms with E-state index in [1.165, 1.54) is 0 Å². The minimum absolute atomic E-state index is 0.0790. The first-order valence-electron chi connectivity index (χ1n) is 6.87. The Morgan fingerprint density at radius 1 is 1.42 bits per heavy atom. The van der Waals surface area contributed by atoms with Crippen molar-refractivity contribution in [3.05, 3.63) is 23.8 Å². The number of aromatic hydroxyl groups is 1. The fourth-order valence-corrected chi connectivity index (χ4v) is 2.08. The number of carbonyl (C=O) groups is 1. The normalized spacial score (nSPS) is 12.2. The maximum absolute atomic E-state index is 12.4. The fraction of sp³-hybridized carbons (Fsp3) is 0.533. The number of anilines is 1. The van der Waals surface area contributed by atoms with Crippen LogP contribution in [0.2, 0.25) is 0 Å². The van der Waals surface area contributed by atoms with Crippen LogP contribution in [0.4, 0.5) is 5.69 Å². The van der Waals surface area contributed by atoms with Crippen LogP contribution in [0.3, 0.4) is 0 Å². The molecule has 0 saturated carbocycles. The molecule has 3 N–H and O–H groups in total. The smallest absolute Gasteiger partial charge is 0.243 e. The van der Waals surface area contributed by atoms with E-state index in [2.05, 4.69) is 6.92 Å². The lowest BCUT2D eigenvalue weighted by Gasteiger charge is -2.26. The number of carbonyl (C=O) groups excluding carboxylic acids is 1. The molecule has 0 heterocycles. The summed E-state index contributed by atoms with van der Waals surface area (Å²) in [6, 6.07) is 4.57. The molecule has 0 fully saturated rings. The largest absolute Gasteiger partial charge is 0.508 e. The molecule has 0 aromatic heterocycles. The van der Waals surface area contributed by atoms with Gasteiger partial charge in [0, 0.05) is 12.6 Å². The van der Waals surface area contributed by atoms with Crippen molar-refractivity contribution in [2.45, 2.75) is 46.1 Å². The summed E-state index contributed by atoms with van der Waals surface area (Å²) >= 11 is 0. The number of rotatable bonds is 6. The molecule has 1 aromatic carbocycles. The van der Waals surface area contributed by atoms with Gasteiger partial charge in [0.1, 0.15) is 5.75 Å². The monoisotopic (exact) mass is 264 g/mol. The Kier molecular flexibility index (Phi) is 5.83. The van der Waals surface area contributed by atoms with Crippen LogP contribution in [-0.2, 0) is 4.79 Å². The van der Waals surface area contributed by atoms with Crippen LogP contribution in [-0.4, -0.2) is 23.6 Å². The predicted octanol–water partition coefficient (Wildman–Crippen LogP) is 2.57. The molecule has 1 atom stereocenters. The second-order valence-corrected chi connectivity index (χ2v) is 4.80. The number of likely N-dealkylation sites (N-methyl/N-ethyl adjacent to an activating group) is 1. The third-order valence-corrected chi connectivity index (χ3v) is 3.25. The van der Waals surface area contributed by atoms with Crippen molar-refractivity contribution >= 4 is 11.6 Å². The second kappa shape index (κ2) is 7.14. The average Bonchev–Trinajstić information content (AvgIpc) is 2.40. The van der Waals surface area contributed by atoms with Crippen LogP contribution in [0.25, 0.3) is 0 Å². The van der Waals surface area contributed by atoms with Crippen LogP contribution < -0.4 is 10.6 Å². The molecule has 0 aliphatic rings. The lowest BCUT2D eigenvalue weighted by molar-refractivity contribution is -0.119. The Morgan fingerprint density at radius 2 is 2.11 bits per heavy atom. The summed E-state index contributed by atoms with van der Waals surface area (Å²) in [6.07, 6.45) is 2.67. The summed E-state index contributed by atoms with van der Waals surface area (Å²) in [6.45, 7) is 6.45. The summed E-state index contributed by atoms with van der Waals surface area (Å²) in [4.78, 5) is 14.0. The maximum Gasteiger partial charge on any atom is 0.243 e. The third-order valence-electron chi connectivity index (χ3n) is 3.25. The first-order chi connectivity index (χ1) is 9.01. The molecule has 1 amide bonds. The van der Waals surface area contributed by atoms with Gasteiger partial charge in [-0.1, -0.05) is 25.8 Å². The van der Waals surface area contributed by atoms with Crippen molar-refractivity contribution < 1.29 is 9.90 Å². The molecule has 4 nitrogen and oxygen atoms in total. The van der Waals surface area contributed by atoms with E-state index in [-0.39, 0.29) is 11.7 Å². The van der Waals surface area contributed by atoms with E-state index in [1.54, 1.807) is 23.1 Å². The van der Waals surface area contributed by atoms with E-state index in [9.17, 15) is 9.90 Å². The van der Waals surface area contributed by atoms with Gasteiger partial charge in [-0.15, -0.1) is 0 Å². The topological polar surface area (TPSA) is 66.6 Å². The van der Waals surface area contributed by atoms with Crippen LogP contribution in [0.15, 0.2) is 18.2 Å². The number of amides is 1. The van der Waals surface area contributed by atoms with Gasteiger partial charge in [-0.3, -0.25) is 4.79 Å². The molecule has 0 aliphatic carbocycles. The molecular weight excluding hydrogens is 240 g/mol. The zero-order valence-electron chi connectivity index (χ0n) is 12.0. The zero-order valence-corrected chi connectivity index (χ0v) is 12.0. The number of nitrogens with zero attached hydrogens (tertiary/aromatic N) is 1. The number of aryl methyl sites for hydroxylation is 1. The SMILES string of the molecule is CCCC[C@H](N)C(=O)N(CC)c1cc(O)ccc1C. The number of benzene rings is 1. The summed E-state index contributed by atoms with van der Waals surface area (Å²) in [5.74, 6) is 0.0821. The molecule has 19 heavy (non-hydrogen) atoms. The van der Waals surface area contributed by atoms with E-state index in [1.807, 2.05) is 13.8 Å². The Balaban J connectivity index is 2.93. The molecule has 1 aromatic rings. The molecule has 106 valence electrons. The quantitative estimate of drug-likeness (QED) is 0.830. The van der Waals surface area contributed by atoms with Crippen molar-refractivity contribution in [3.63, 3.8) is 0 Å². The van der Waals surface area contributed by atoms with E-state index in [0.29, 0.717) is 13.0 Å². The number of hydrogen-bond donors (Lipinski definition) is 2. The third kappa shape index (κ3) is 3.96. The van der Waals surface area contributed by atoms with E-state index in [0.717, 1.165) is 24.1 Å². The minimum atomic E-state index is -0.471. The van der Waals surface area contributed by atoms with Crippen molar-refractivity contribution in [2.75, 3.05) is 11.4 Å². The van der Waals surface area contributed by atoms with Crippen LogP contribution >= 0.6 is 0 Å². The Morgan fingerprint density at radius 3 is 2.68 bits per heavy atom. The first kappa shape index (κ1) is 15.5. The van der Waals surface area contributed by atoms with Crippen LogP contribution in [0.5, 0.6) is 5.75 Å². The van der Waals surface area contributed by atoms with Gasteiger partial charge in [0.05, 0.1) is 11.7 Å². The van der Waals surface area contributed by atoms with Gasteiger partial charge in [0.2, 0.25) is 5.91 Å². The highest BCUT2D eigenvalue weighted by Gasteiger charge is 2.22. The lowest BCUT2D eigenvalue weighted by atomic mass is 10.1. The summed E-state index contributed by atoms with van der Waals surface area (Å²) in [5.41, 5.74) is 7.64. The highest BCUT2D eigenvalue weighted by molar-refractivity contribution is 5.97. The number of phenols is 1. The van der Waals surface area contributed by atoms with Gasteiger partial charge >= 0.3 is 0 Å². The van der Waals surface area contributed by atoms with E-state index in [4.69, 9.17) is 5.73 Å². The van der Waals surface area contributed by atoms with E-state index >= 15 is 0 Å². The van der Waals surface area contributed by atoms with Gasteiger partial charge in [-0.05, 0) is 31.9 Å². The van der Waals surface area contributed by atoms with Gasteiger partial charge < -0.3 is 15.7 Å². The number of unbranched alkanes of at least 4 members (excludes halogenated alkanes) is 1. The summed E-state index contributed by atoms with van der Waals surface area (Å²) < 4.78 is 0. The Labute approximate surface area is 115 Å². The zero-order chi connectivity index (χ0) is 14.4. The first-order valence-corrected chi connectivity index (χ1v) is 6.87.